The highest BCUT2D eigenvalue weighted by atomic mass is 16.4. The Balaban J connectivity index is 2.73. The normalized spacial score (nSPS) is 24.7. The number of amides is 1. The van der Waals surface area contributed by atoms with Crippen molar-refractivity contribution < 1.29 is 14.7 Å². The zero-order valence-electron chi connectivity index (χ0n) is 9.19. The summed E-state index contributed by atoms with van der Waals surface area (Å²) in [4.78, 5) is 24.2. The van der Waals surface area contributed by atoms with E-state index in [9.17, 15) is 9.59 Å². The summed E-state index contributed by atoms with van der Waals surface area (Å²) in [7, 11) is 0. The van der Waals surface area contributed by atoms with E-state index < -0.39 is 12.0 Å². The molecular formula is C10H18N2O3. The summed E-state index contributed by atoms with van der Waals surface area (Å²) in [5, 5.41) is 11.8. The molecule has 15 heavy (non-hydrogen) atoms. The van der Waals surface area contributed by atoms with Crippen molar-refractivity contribution in [3.05, 3.63) is 0 Å². The van der Waals surface area contributed by atoms with Crippen molar-refractivity contribution in [1.82, 2.24) is 10.2 Å². The average molecular weight is 214 g/mol. The van der Waals surface area contributed by atoms with E-state index in [1.165, 1.54) is 0 Å². The summed E-state index contributed by atoms with van der Waals surface area (Å²) in [6.07, 6.45) is 1.40. The van der Waals surface area contributed by atoms with Gasteiger partial charge in [0, 0.05) is 13.1 Å². The molecule has 0 saturated carbocycles. The Hall–Kier alpha value is -1.10. The summed E-state index contributed by atoms with van der Waals surface area (Å²) in [5.41, 5.74) is 0. The molecule has 0 bridgehead atoms. The number of carboxylic acid groups (broad SMARTS) is 1. The number of piperazine rings is 1. The van der Waals surface area contributed by atoms with Crippen LogP contribution in [0.1, 0.15) is 26.7 Å². The molecule has 2 atom stereocenters. The van der Waals surface area contributed by atoms with Crippen LogP contribution in [0.3, 0.4) is 0 Å². The lowest BCUT2D eigenvalue weighted by Gasteiger charge is -2.36. The molecule has 5 heteroatoms. The van der Waals surface area contributed by atoms with E-state index >= 15 is 0 Å². The summed E-state index contributed by atoms with van der Waals surface area (Å²) in [6, 6.07) is -0.873. The van der Waals surface area contributed by atoms with Crippen molar-refractivity contribution in [1.29, 1.82) is 0 Å². The van der Waals surface area contributed by atoms with Gasteiger partial charge in [-0.15, -0.1) is 0 Å². The predicted octanol–water partition coefficient (Wildman–Crippen LogP) is 0.0600. The van der Waals surface area contributed by atoms with Gasteiger partial charge < -0.3 is 10.4 Å². The first kappa shape index (κ1) is 12.0. The number of hydrogen-bond acceptors (Lipinski definition) is 3. The highest BCUT2D eigenvalue weighted by Gasteiger charge is 2.34. The molecule has 1 rings (SSSR count). The van der Waals surface area contributed by atoms with Crippen LogP contribution in [0.2, 0.25) is 0 Å². The van der Waals surface area contributed by atoms with Gasteiger partial charge in [-0.05, 0) is 13.3 Å². The third-order valence-electron chi connectivity index (χ3n) is 2.79. The lowest BCUT2D eigenvalue weighted by Crippen LogP contribution is -2.58. The van der Waals surface area contributed by atoms with Crippen molar-refractivity contribution in [3.8, 4) is 0 Å². The fourth-order valence-corrected chi connectivity index (χ4v) is 1.93. The topological polar surface area (TPSA) is 69.6 Å². The quantitative estimate of drug-likeness (QED) is 0.694. The van der Waals surface area contributed by atoms with Crippen molar-refractivity contribution in [2.75, 3.05) is 13.1 Å². The summed E-state index contributed by atoms with van der Waals surface area (Å²) in [5.74, 6) is -0.915. The Morgan fingerprint density at radius 3 is 2.93 bits per heavy atom. The molecule has 1 saturated heterocycles. The van der Waals surface area contributed by atoms with E-state index in [2.05, 4.69) is 5.32 Å². The molecular weight excluding hydrogens is 196 g/mol. The lowest BCUT2D eigenvalue weighted by atomic mass is 10.1. The van der Waals surface area contributed by atoms with E-state index in [0.717, 1.165) is 6.42 Å². The maximum atomic E-state index is 11.4. The van der Waals surface area contributed by atoms with Crippen LogP contribution in [0.15, 0.2) is 0 Å². The highest BCUT2D eigenvalue weighted by molar-refractivity contribution is 5.83. The van der Waals surface area contributed by atoms with E-state index in [4.69, 9.17) is 5.11 Å². The first-order chi connectivity index (χ1) is 7.07. The van der Waals surface area contributed by atoms with Crippen LogP contribution in [-0.4, -0.2) is 47.1 Å². The number of carboxylic acids is 1. The molecule has 0 aromatic rings. The molecule has 1 amide bonds. The van der Waals surface area contributed by atoms with Gasteiger partial charge >= 0.3 is 5.97 Å². The molecule has 1 aliphatic rings. The van der Waals surface area contributed by atoms with Gasteiger partial charge in [0.2, 0.25) is 5.91 Å². The van der Waals surface area contributed by atoms with Crippen molar-refractivity contribution >= 4 is 11.9 Å². The van der Waals surface area contributed by atoms with Crippen LogP contribution in [-0.2, 0) is 9.59 Å². The number of rotatable bonds is 4. The third kappa shape index (κ3) is 2.68. The molecule has 0 aromatic carbocycles. The SMILES string of the molecule is CCCC(C(=O)O)N1CCNC(=O)C1C. The van der Waals surface area contributed by atoms with Gasteiger partial charge in [0.05, 0.1) is 6.04 Å². The molecule has 1 fully saturated rings. The minimum atomic E-state index is -0.835. The Bertz CT molecular complexity index is 255. The second-order valence-electron chi connectivity index (χ2n) is 3.85. The van der Waals surface area contributed by atoms with E-state index in [1.807, 2.05) is 6.92 Å². The van der Waals surface area contributed by atoms with Crippen LogP contribution >= 0.6 is 0 Å². The van der Waals surface area contributed by atoms with Gasteiger partial charge in [-0.25, -0.2) is 0 Å². The van der Waals surface area contributed by atoms with Gasteiger partial charge in [0.1, 0.15) is 6.04 Å². The molecule has 0 spiro atoms. The molecule has 1 aliphatic heterocycles. The minimum Gasteiger partial charge on any atom is -0.480 e. The molecule has 5 nitrogen and oxygen atoms in total. The smallest absolute Gasteiger partial charge is 0.320 e. The Labute approximate surface area is 89.4 Å². The van der Waals surface area contributed by atoms with E-state index in [1.54, 1.807) is 11.8 Å². The molecule has 86 valence electrons. The molecule has 1 heterocycles. The molecule has 2 unspecified atom stereocenters. The number of nitrogens with zero attached hydrogens (tertiary/aromatic N) is 1. The van der Waals surface area contributed by atoms with Gasteiger partial charge in [-0.3, -0.25) is 14.5 Å². The van der Waals surface area contributed by atoms with Gasteiger partial charge in [0.25, 0.3) is 0 Å². The molecule has 0 aliphatic carbocycles. The van der Waals surface area contributed by atoms with E-state index in [0.29, 0.717) is 19.5 Å². The molecule has 0 radical (unpaired) electrons. The Morgan fingerprint density at radius 1 is 1.73 bits per heavy atom. The van der Waals surface area contributed by atoms with Crippen molar-refractivity contribution in [2.24, 2.45) is 0 Å². The summed E-state index contributed by atoms with van der Waals surface area (Å²) in [6.45, 7) is 4.85. The van der Waals surface area contributed by atoms with Gasteiger partial charge in [-0.2, -0.15) is 0 Å². The zero-order valence-corrected chi connectivity index (χ0v) is 9.19. The van der Waals surface area contributed by atoms with Gasteiger partial charge in [-0.1, -0.05) is 13.3 Å². The van der Waals surface area contributed by atoms with Crippen molar-refractivity contribution in [2.45, 2.75) is 38.8 Å². The highest BCUT2D eigenvalue weighted by Crippen LogP contribution is 2.13. The summed E-state index contributed by atoms with van der Waals surface area (Å²) >= 11 is 0. The summed E-state index contributed by atoms with van der Waals surface area (Å²) < 4.78 is 0. The number of carbonyl (C=O) groups excluding carboxylic acids is 1. The third-order valence-corrected chi connectivity index (χ3v) is 2.79. The van der Waals surface area contributed by atoms with Crippen LogP contribution in [0.25, 0.3) is 0 Å². The monoisotopic (exact) mass is 214 g/mol. The fourth-order valence-electron chi connectivity index (χ4n) is 1.93. The van der Waals surface area contributed by atoms with Crippen LogP contribution < -0.4 is 5.32 Å². The second-order valence-corrected chi connectivity index (χ2v) is 3.85. The molecule has 0 aromatic heterocycles. The number of hydrogen-bond donors (Lipinski definition) is 2. The molecule has 2 N–H and O–H groups in total. The standard InChI is InChI=1S/C10H18N2O3/c1-3-4-8(10(14)15)12-6-5-11-9(13)7(12)2/h7-8H,3-6H2,1-2H3,(H,11,13)(H,14,15). The average Bonchev–Trinajstić information content (AvgIpc) is 2.19. The maximum Gasteiger partial charge on any atom is 0.320 e. The second kappa shape index (κ2) is 5.11. The Morgan fingerprint density at radius 2 is 2.40 bits per heavy atom. The predicted molar refractivity (Wildman–Crippen MR) is 55.5 cm³/mol. The van der Waals surface area contributed by atoms with Crippen LogP contribution in [0, 0.1) is 0 Å². The van der Waals surface area contributed by atoms with Crippen LogP contribution in [0.5, 0.6) is 0 Å². The van der Waals surface area contributed by atoms with Crippen LogP contribution in [0.4, 0.5) is 0 Å². The first-order valence-corrected chi connectivity index (χ1v) is 5.34. The number of nitrogens with one attached hydrogen (secondary N) is 1. The zero-order chi connectivity index (χ0) is 11.4. The number of aliphatic carboxylic acids is 1. The number of carbonyl (C=O) groups is 2. The van der Waals surface area contributed by atoms with E-state index in [-0.39, 0.29) is 11.9 Å². The largest absolute Gasteiger partial charge is 0.480 e. The minimum absolute atomic E-state index is 0.0800. The Kier molecular flexibility index (Phi) is 4.08. The fraction of sp³-hybridized carbons (Fsp3) is 0.800. The maximum absolute atomic E-state index is 11.4. The van der Waals surface area contributed by atoms with Gasteiger partial charge in [0.15, 0.2) is 0 Å². The lowest BCUT2D eigenvalue weighted by molar-refractivity contribution is -0.147. The first-order valence-electron chi connectivity index (χ1n) is 5.34. The van der Waals surface area contributed by atoms with Crippen molar-refractivity contribution in [3.63, 3.8) is 0 Å².